The lowest BCUT2D eigenvalue weighted by atomic mass is 9.90. The highest BCUT2D eigenvalue weighted by atomic mass is 16.2. The van der Waals surface area contributed by atoms with E-state index >= 15 is 0 Å². The van der Waals surface area contributed by atoms with Crippen LogP contribution in [0.15, 0.2) is 18.2 Å². The molecule has 21 heavy (non-hydrogen) atoms. The smallest absolute Gasteiger partial charge is 0.243 e. The molecule has 0 aliphatic carbocycles. The number of nitrogens with zero attached hydrogens (tertiary/aromatic N) is 1. The number of aryl methyl sites for hydroxylation is 2. The second-order valence-corrected chi connectivity index (χ2v) is 6.14. The summed E-state index contributed by atoms with van der Waals surface area (Å²) in [5.74, 6) is -0.132. The number of anilines is 1. The van der Waals surface area contributed by atoms with E-state index in [1.165, 1.54) is 5.56 Å². The minimum atomic E-state index is -0.852. The zero-order valence-electron chi connectivity index (χ0n) is 13.7. The highest BCUT2D eigenvalue weighted by Gasteiger charge is 2.31. The Hall–Kier alpha value is -2.02. The third-order valence-electron chi connectivity index (χ3n) is 3.92. The van der Waals surface area contributed by atoms with Gasteiger partial charge >= 0.3 is 0 Å². The minimum Gasteiger partial charge on any atom is -0.374 e. The predicted octanol–water partition coefficient (Wildman–Crippen LogP) is 3.16. The maximum Gasteiger partial charge on any atom is 0.243 e. The lowest BCUT2D eigenvalue weighted by Gasteiger charge is -2.29. The second kappa shape index (κ2) is 6.62. The fourth-order valence-electron chi connectivity index (χ4n) is 1.94. The molecule has 114 valence electrons. The van der Waals surface area contributed by atoms with E-state index in [2.05, 4.69) is 22.8 Å². The molecule has 0 unspecified atom stereocenters. The van der Waals surface area contributed by atoms with E-state index in [-0.39, 0.29) is 11.8 Å². The van der Waals surface area contributed by atoms with Crippen LogP contribution in [-0.2, 0) is 4.79 Å². The Morgan fingerprint density at radius 3 is 2.38 bits per heavy atom. The maximum atomic E-state index is 12.3. The molecule has 1 amide bonds. The lowest BCUT2D eigenvalue weighted by Crippen LogP contribution is -2.53. The second-order valence-electron chi connectivity index (χ2n) is 6.14. The number of nitriles is 1. The molecule has 2 atom stereocenters. The van der Waals surface area contributed by atoms with Crippen molar-refractivity contribution in [2.75, 3.05) is 5.32 Å². The summed E-state index contributed by atoms with van der Waals surface area (Å²) in [6.07, 6.45) is 0. The van der Waals surface area contributed by atoms with Crippen LogP contribution in [0.3, 0.4) is 0 Å². The van der Waals surface area contributed by atoms with Crippen molar-refractivity contribution in [1.29, 1.82) is 5.26 Å². The van der Waals surface area contributed by atoms with E-state index in [0.29, 0.717) is 0 Å². The molecule has 0 heterocycles. The molecular formula is C17H25N3O. The summed E-state index contributed by atoms with van der Waals surface area (Å²) in [4.78, 5) is 12.3. The number of hydrogen-bond acceptors (Lipinski definition) is 3. The maximum absolute atomic E-state index is 12.3. The molecule has 4 heteroatoms. The average molecular weight is 287 g/mol. The summed E-state index contributed by atoms with van der Waals surface area (Å²) in [6.45, 7) is 11.4. The van der Waals surface area contributed by atoms with Gasteiger partial charge in [-0.15, -0.1) is 0 Å². The van der Waals surface area contributed by atoms with E-state index in [4.69, 9.17) is 0 Å². The first kappa shape index (κ1) is 17.0. The zero-order valence-corrected chi connectivity index (χ0v) is 13.7. The lowest BCUT2D eigenvalue weighted by molar-refractivity contribution is -0.123. The van der Waals surface area contributed by atoms with Crippen LogP contribution in [-0.4, -0.2) is 17.5 Å². The normalized spacial score (nSPS) is 15.0. The molecule has 0 fully saturated rings. The van der Waals surface area contributed by atoms with Crippen molar-refractivity contribution in [3.63, 3.8) is 0 Å². The van der Waals surface area contributed by atoms with Gasteiger partial charge < -0.3 is 10.6 Å². The van der Waals surface area contributed by atoms with Gasteiger partial charge in [0.2, 0.25) is 5.91 Å². The van der Waals surface area contributed by atoms with Gasteiger partial charge in [0.25, 0.3) is 0 Å². The van der Waals surface area contributed by atoms with Gasteiger partial charge in [-0.25, -0.2) is 0 Å². The number of rotatable bonds is 5. The minimum absolute atomic E-state index is 0.0414. The first-order chi connectivity index (χ1) is 9.69. The monoisotopic (exact) mass is 287 g/mol. The summed E-state index contributed by atoms with van der Waals surface area (Å²) >= 11 is 0. The van der Waals surface area contributed by atoms with Crippen molar-refractivity contribution in [3.8, 4) is 6.07 Å². The first-order valence-electron chi connectivity index (χ1n) is 7.26. The highest BCUT2D eigenvalue weighted by Crippen LogP contribution is 2.18. The predicted molar refractivity (Wildman–Crippen MR) is 86.0 cm³/mol. The van der Waals surface area contributed by atoms with E-state index in [1.807, 2.05) is 39.8 Å². The number of benzene rings is 1. The van der Waals surface area contributed by atoms with Crippen molar-refractivity contribution in [1.82, 2.24) is 5.32 Å². The van der Waals surface area contributed by atoms with Crippen LogP contribution < -0.4 is 10.6 Å². The number of hydrogen-bond donors (Lipinski definition) is 2. The third-order valence-corrected chi connectivity index (χ3v) is 3.92. The molecular weight excluding hydrogens is 262 g/mol. The molecule has 1 aromatic carbocycles. The summed E-state index contributed by atoms with van der Waals surface area (Å²) < 4.78 is 0. The molecule has 2 N–H and O–H groups in total. The van der Waals surface area contributed by atoms with Crippen molar-refractivity contribution in [3.05, 3.63) is 29.3 Å². The molecule has 0 aliphatic rings. The van der Waals surface area contributed by atoms with E-state index in [0.717, 1.165) is 11.3 Å². The van der Waals surface area contributed by atoms with Gasteiger partial charge in [-0.2, -0.15) is 5.26 Å². The molecule has 0 saturated heterocycles. The number of carbonyl (C=O) groups excluding carboxylic acids is 1. The van der Waals surface area contributed by atoms with Crippen LogP contribution in [0.2, 0.25) is 0 Å². The quantitative estimate of drug-likeness (QED) is 0.874. The number of amides is 1. The van der Waals surface area contributed by atoms with E-state index < -0.39 is 11.6 Å². The van der Waals surface area contributed by atoms with Crippen LogP contribution in [0.5, 0.6) is 0 Å². The van der Waals surface area contributed by atoms with Crippen LogP contribution in [0, 0.1) is 31.1 Å². The third kappa shape index (κ3) is 4.22. The molecule has 0 radical (unpaired) electrons. The Morgan fingerprint density at radius 1 is 1.29 bits per heavy atom. The Kier molecular flexibility index (Phi) is 5.37. The fourth-order valence-corrected chi connectivity index (χ4v) is 1.94. The molecule has 0 bridgehead atoms. The topological polar surface area (TPSA) is 64.9 Å². The standard InChI is InChI=1S/C17H25N3O/c1-11(2)17(6,10-18)20-16(21)14(5)19-15-8-7-12(3)9-13(15)4/h7-9,11,14,19H,1-6H3,(H,20,21)/t14-,17-/m0/s1. The van der Waals surface area contributed by atoms with Crippen molar-refractivity contribution in [2.45, 2.75) is 53.1 Å². The zero-order chi connectivity index (χ0) is 16.2. The van der Waals surface area contributed by atoms with Gasteiger partial charge in [-0.05, 0) is 45.2 Å². The van der Waals surface area contributed by atoms with E-state index in [1.54, 1.807) is 13.8 Å². The molecule has 0 aromatic heterocycles. The van der Waals surface area contributed by atoms with Gasteiger partial charge in [0.15, 0.2) is 0 Å². The molecule has 1 rings (SSSR count). The summed E-state index contributed by atoms with van der Waals surface area (Å²) in [5.41, 5.74) is 2.37. The van der Waals surface area contributed by atoms with Gasteiger partial charge in [0.05, 0.1) is 6.07 Å². The summed E-state index contributed by atoms with van der Waals surface area (Å²) in [5, 5.41) is 15.3. The van der Waals surface area contributed by atoms with Crippen molar-refractivity contribution in [2.24, 2.45) is 5.92 Å². The molecule has 0 spiro atoms. The summed E-state index contributed by atoms with van der Waals surface area (Å²) in [7, 11) is 0. The Balaban J connectivity index is 2.78. The number of carbonyl (C=O) groups is 1. The Morgan fingerprint density at radius 2 is 1.90 bits per heavy atom. The van der Waals surface area contributed by atoms with Gasteiger partial charge in [0, 0.05) is 5.69 Å². The van der Waals surface area contributed by atoms with E-state index in [9.17, 15) is 10.1 Å². The highest BCUT2D eigenvalue weighted by molar-refractivity contribution is 5.85. The SMILES string of the molecule is Cc1ccc(N[C@@H](C)C(=O)N[C@@](C)(C#N)C(C)C)c(C)c1. The van der Waals surface area contributed by atoms with Crippen LogP contribution in [0.4, 0.5) is 5.69 Å². The molecule has 1 aromatic rings. The largest absolute Gasteiger partial charge is 0.374 e. The van der Waals surface area contributed by atoms with Crippen LogP contribution >= 0.6 is 0 Å². The number of nitrogens with one attached hydrogen (secondary N) is 2. The van der Waals surface area contributed by atoms with Crippen LogP contribution in [0.25, 0.3) is 0 Å². The van der Waals surface area contributed by atoms with Crippen molar-refractivity contribution >= 4 is 11.6 Å². The van der Waals surface area contributed by atoms with Gasteiger partial charge in [0.1, 0.15) is 11.6 Å². The van der Waals surface area contributed by atoms with Crippen molar-refractivity contribution < 1.29 is 4.79 Å². The van der Waals surface area contributed by atoms with Gasteiger partial charge in [-0.3, -0.25) is 4.79 Å². The Bertz CT molecular complexity index is 560. The fraction of sp³-hybridized carbons (Fsp3) is 0.529. The average Bonchev–Trinajstić information content (AvgIpc) is 2.41. The molecule has 0 saturated carbocycles. The molecule has 4 nitrogen and oxygen atoms in total. The Labute approximate surface area is 127 Å². The summed E-state index contributed by atoms with van der Waals surface area (Å²) in [6, 6.07) is 7.83. The first-order valence-corrected chi connectivity index (χ1v) is 7.26. The molecule has 0 aliphatic heterocycles. The van der Waals surface area contributed by atoms with Gasteiger partial charge in [-0.1, -0.05) is 31.5 Å². The van der Waals surface area contributed by atoms with Crippen LogP contribution in [0.1, 0.15) is 38.8 Å².